The number of likely N-dealkylation sites (tertiary alicyclic amines) is 1. The Kier molecular flexibility index (Phi) is 24.3. The Hall–Kier alpha value is -7.94. The van der Waals surface area contributed by atoms with Crippen LogP contribution >= 0.6 is 0 Å². The van der Waals surface area contributed by atoms with Crippen molar-refractivity contribution in [2.45, 2.75) is 175 Å². The number of piperidine rings is 1. The standard InChI is InChI=1S/C75H93N3O12/c1-7-73(3,4)67(81)68(82)75-51-58(75)29-15-16-32-61(75)71(85)89-63(40-38-52-23-11-9-12-24-52)56-27-19-30-59(49-56)87-45-21-42-76-65(79)47-54-34-36-55(37-35-54)48-66(80)77-43-22-46-88-60-31-20-28-57(50-60)64(41-39-53-25-13-10-14-26-53)90-72(86)62-33-17-18-44-78(62)70(84)69(83)74(5,6)8-2/h9-14,19-20,23-28,30-31,34-37,49-50,58,61-64H,7-8,15-18,21-22,29,32-33,38-48,51H2,1-6H3,(H,76,79)(H,77,80)/t58?,61?,62-,63?,64+,75?/m0/s1. The Morgan fingerprint density at radius 2 is 1.02 bits per heavy atom. The first-order valence-corrected chi connectivity index (χ1v) is 32.8. The molecule has 5 aromatic rings. The highest BCUT2D eigenvalue weighted by molar-refractivity contribution is 6.42. The topological polar surface area (TPSA) is 201 Å². The molecule has 2 N–H and O–H groups in total. The van der Waals surface area contributed by atoms with Gasteiger partial charge in [0.2, 0.25) is 29.2 Å². The molecule has 8 rings (SSSR count). The lowest BCUT2D eigenvalue weighted by molar-refractivity contribution is -0.164. The number of esters is 2. The summed E-state index contributed by atoms with van der Waals surface area (Å²) in [6.07, 6.45) is 9.01. The maximum absolute atomic E-state index is 14.4. The molecule has 5 aromatic carbocycles. The van der Waals surface area contributed by atoms with Crippen LogP contribution in [0.5, 0.6) is 11.5 Å². The first kappa shape index (κ1) is 68.0. The van der Waals surface area contributed by atoms with Crippen LogP contribution in [-0.2, 0) is 73.5 Å². The SMILES string of the molecule is CCC(C)(C)C(=O)C(=O)N1CCCC[C@H]1C(=O)O[C@H](CCc1ccccc1)c1cccc(OCCCNC(=O)Cc2ccc(CC(=O)NCCCOc3cccc(C(CCc4ccccc4)OC(=O)C4CCCCC5CC54C(=O)C(=O)C(C)(C)CC)c3)cc2)c1. The van der Waals surface area contributed by atoms with Crippen LogP contribution in [0.3, 0.4) is 0 Å². The second-order valence-corrected chi connectivity index (χ2v) is 26.1. The maximum atomic E-state index is 14.4. The molecule has 2 saturated carbocycles. The first-order valence-electron chi connectivity index (χ1n) is 32.8. The smallest absolute Gasteiger partial charge is 0.329 e. The molecule has 3 amide bonds. The van der Waals surface area contributed by atoms with Crippen LogP contribution in [0.25, 0.3) is 0 Å². The number of hydrogen-bond acceptors (Lipinski definition) is 12. The molecular weight excluding hydrogens is 1130 g/mol. The van der Waals surface area contributed by atoms with Gasteiger partial charge in [0.25, 0.3) is 5.91 Å². The normalized spacial score (nSPS) is 18.7. The molecule has 1 saturated heterocycles. The average molecular weight is 1230 g/mol. The minimum atomic E-state index is -0.991. The zero-order valence-electron chi connectivity index (χ0n) is 53.7. The number of ketones is 3. The number of amides is 3. The molecular formula is C75H93N3O12. The molecule has 1 heterocycles. The second-order valence-electron chi connectivity index (χ2n) is 26.1. The zero-order chi connectivity index (χ0) is 64.3. The fourth-order valence-corrected chi connectivity index (χ4v) is 12.3. The van der Waals surface area contributed by atoms with Gasteiger partial charge in [0.15, 0.2) is 0 Å². The largest absolute Gasteiger partial charge is 0.494 e. The average Bonchev–Trinajstić information content (AvgIpc) is 1.55. The number of ether oxygens (including phenoxy) is 4. The van der Waals surface area contributed by atoms with E-state index in [1.807, 2.05) is 161 Å². The van der Waals surface area contributed by atoms with Crippen LogP contribution in [0, 0.1) is 28.1 Å². The van der Waals surface area contributed by atoms with Gasteiger partial charge in [-0.25, -0.2) is 4.79 Å². The number of benzene rings is 5. The van der Waals surface area contributed by atoms with Crippen molar-refractivity contribution in [3.05, 3.63) is 167 Å². The summed E-state index contributed by atoms with van der Waals surface area (Å²) >= 11 is 0. The lowest BCUT2D eigenvalue weighted by atomic mass is 9.73. The molecule has 3 fully saturated rings. The molecule has 3 aliphatic rings. The van der Waals surface area contributed by atoms with E-state index in [4.69, 9.17) is 18.9 Å². The number of nitrogens with one attached hydrogen (secondary N) is 2. The van der Waals surface area contributed by atoms with E-state index in [9.17, 15) is 38.4 Å². The summed E-state index contributed by atoms with van der Waals surface area (Å²) in [4.78, 5) is 110. The minimum absolute atomic E-state index is 0.0126. The van der Waals surface area contributed by atoms with Gasteiger partial charge < -0.3 is 34.5 Å². The van der Waals surface area contributed by atoms with E-state index < -0.39 is 69.8 Å². The predicted molar refractivity (Wildman–Crippen MR) is 345 cm³/mol. The number of aryl methyl sites for hydroxylation is 2. The summed E-state index contributed by atoms with van der Waals surface area (Å²) < 4.78 is 25.0. The highest BCUT2D eigenvalue weighted by Gasteiger charge is 2.68. The molecule has 15 heteroatoms. The number of hydrogen-bond donors (Lipinski definition) is 2. The number of rotatable bonds is 33. The minimum Gasteiger partial charge on any atom is -0.494 e. The van der Waals surface area contributed by atoms with Gasteiger partial charge in [0, 0.05) is 30.5 Å². The van der Waals surface area contributed by atoms with Crippen molar-refractivity contribution in [2.75, 3.05) is 32.8 Å². The van der Waals surface area contributed by atoms with Crippen LogP contribution in [0.2, 0.25) is 0 Å². The Morgan fingerprint density at radius 3 is 1.53 bits per heavy atom. The molecule has 0 bridgehead atoms. The zero-order valence-corrected chi connectivity index (χ0v) is 53.7. The fraction of sp³-hybridized carbons (Fsp3) is 0.493. The number of nitrogens with zero attached hydrogens (tertiary/aromatic N) is 1. The van der Waals surface area contributed by atoms with Crippen LogP contribution in [0.4, 0.5) is 0 Å². The summed E-state index contributed by atoms with van der Waals surface area (Å²) in [6, 6.07) is 41.5. The van der Waals surface area contributed by atoms with Gasteiger partial charge in [-0.1, -0.05) is 164 Å². The highest BCUT2D eigenvalue weighted by atomic mass is 16.6. The van der Waals surface area contributed by atoms with Crippen molar-refractivity contribution in [1.82, 2.24) is 15.5 Å². The lowest BCUT2D eigenvalue weighted by Crippen LogP contribution is -2.53. The third-order valence-electron chi connectivity index (χ3n) is 18.8. The van der Waals surface area contributed by atoms with Gasteiger partial charge in [-0.05, 0) is 153 Å². The molecule has 0 aromatic heterocycles. The number of carbonyl (C=O) groups excluding carboxylic acids is 8. The molecule has 6 atom stereocenters. The van der Waals surface area contributed by atoms with E-state index in [1.54, 1.807) is 13.8 Å². The Morgan fingerprint density at radius 1 is 0.544 bits per heavy atom. The van der Waals surface area contributed by atoms with Crippen molar-refractivity contribution < 1.29 is 57.3 Å². The molecule has 0 radical (unpaired) electrons. The van der Waals surface area contributed by atoms with Crippen molar-refractivity contribution in [3.8, 4) is 11.5 Å². The first-order chi connectivity index (χ1) is 43.3. The molecule has 480 valence electrons. The van der Waals surface area contributed by atoms with Gasteiger partial charge in [-0.3, -0.25) is 33.6 Å². The monoisotopic (exact) mass is 1230 g/mol. The third kappa shape index (κ3) is 18.4. The summed E-state index contributed by atoms with van der Waals surface area (Å²) in [6.45, 7) is 12.7. The molecule has 15 nitrogen and oxygen atoms in total. The van der Waals surface area contributed by atoms with Crippen LogP contribution in [0.1, 0.15) is 177 Å². The quantitative estimate of drug-likeness (QED) is 0.0229. The third-order valence-corrected chi connectivity index (χ3v) is 18.8. The van der Waals surface area contributed by atoms with Crippen molar-refractivity contribution in [3.63, 3.8) is 0 Å². The van der Waals surface area contributed by atoms with Crippen LogP contribution < -0.4 is 20.1 Å². The lowest BCUT2D eigenvalue weighted by Gasteiger charge is -2.36. The van der Waals surface area contributed by atoms with E-state index in [2.05, 4.69) is 10.6 Å². The van der Waals surface area contributed by atoms with E-state index in [1.165, 1.54) is 4.90 Å². The van der Waals surface area contributed by atoms with E-state index in [-0.39, 0.29) is 36.4 Å². The van der Waals surface area contributed by atoms with Gasteiger partial charge in [-0.15, -0.1) is 0 Å². The summed E-state index contributed by atoms with van der Waals surface area (Å²) in [5.41, 5.74) is 2.72. The fourth-order valence-electron chi connectivity index (χ4n) is 12.3. The number of Topliss-reactive ketones (excluding diaryl/α,β-unsaturated/α-hetero) is 3. The Labute approximate surface area is 532 Å². The number of carbonyl (C=O) groups is 8. The Balaban J connectivity index is 0.758. The van der Waals surface area contributed by atoms with E-state index >= 15 is 0 Å². The summed E-state index contributed by atoms with van der Waals surface area (Å²) in [5, 5.41) is 5.95. The molecule has 2 aliphatic carbocycles. The van der Waals surface area contributed by atoms with Gasteiger partial charge in [-0.2, -0.15) is 0 Å². The van der Waals surface area contributed by atoms with Crippen LogP contribution in [0.15, 0.2) is 133 Å². The van der Waals surface area contributed by atoms with Gasteiger partial charge >= 0.3 is 11.9 Å². The summed E-state index contributed by atoms with van der Waals surface area (Å²) in [7, 11) is 0. The highest BCUT2D eigenvalue weighted by Crippen LogP contribution is 2.64. The van der Waals surface area contributed by atoms with Gasteiger partial charge in [0.05, 0.1) is 37.4 Å². The number of fused-ring (bicyclic) bond motifs is 1. The molecule has 1 aliphatic heterocycles. The second kappa shape index (κ2) is 32.2. The van der Waals surface area contributed by atoms with E-state index in [0.29, 0.717) is 121 Å². The van der Waals surface area contributed by atoms with Crippen molar-refractivity contribution in [2.24, 2.45) is 28.1 Å². The van der Waals surface area contributed by atoms with E-state index in [0.717, 1.165) is 59.1 Å². The maximum Gasteiger partial charge on any atom is 0.329 e. The molecule has 0 spiro atoms. The van der Waals surface area contributed by atoms with Crippen molar-refractivity contribution in [1.29, 1.82) is 0 Å². The van der Waals surface area contributed by atoms with Crippen molar-refractivity contribution >= 4 is 47.0 Å². The molecule has 4 unspecified atom stereocenters. The summed E-state index contributed by atoms with van der Waals surface area (Å²) in [5.74, 6) is -2.61. The van der Waals surface area contributed by atoms with Gasteiger partial charge in [0.1, 0.15) is 29.7 Å². The van der Waals surface area contributed by atoms with Crippen LogP contribution in [-0.4, -0.2) is 90.8 Å². The Bertz CT molecular complexity index is 3250. The molecule has 90 heavy (non-hydrogen) atoms. The predicted octanol–water partition coefficient (Wildman–Crippen LogP) is 12.5.